The van der Waals surface area contributed by atoms with Crippen LogP contribution in [0.5, 0.6) is 5.75 Å². The molecule has 0 bridgehead atoms. The van der Waals surface area contributed by atoms with Crippen molar-refractivity contribution in [3.8, 4) is 5.75 Å². The van der Waals surface area contributed by atoms with E-state index in [0.29, 0.717) is 35.5 Å². The minimum atomic E-state index is -4.35. The van der Waals surface area contributed by atoms with Crippen LogP contribution in [0, 0.1) is 11.6 Å². The number of benzene rings is 1. The third-order valence-corrected chi connectivity index (χ3v) is 5.44. The summed E-state index contributed by atoms with van der Waals surface area (Å²) >= 11 is 5.08. The van der Waals surface area contributed by atoms with E-state index in [4.69, 9.17) is 26.1 Å². The minimum absolute atomic E-state index is 0.00369. The summed E-state index contributed by atoms with van der Waals surface area (Å²) in [6, 6.07) is 5.20. The number of rotatable bonds is 13. The van der Waals surface area contributed by atoms with Gasteiger partial charge in [0.1, 0.15) is 0 Å². The van der Waals surface area contributed by atoms with Crippen LogP contribution in [0.3, 0.4) is 0 Å². The highest BCUT2D eigenvalue weighted by Crippen LogP contribution is 2.33. The first-order valence-corrected chi connectivity index (χ1v) is 11.2. The zero-order valence-corrected chi connectivity index (χ0v) is 19.1. The summed E-state index contributed by atoms with van der Waals surface area (Å²) in [6.07, 6.45) is 2.68. The Hall–Kier alpha value is -2.35. The number of para-hydroxylation sites is 1. The molecule has 0 radical (unpaired) electrons. The summed E-state index contributed by atoms with van der Waals surface area (Å²) in [4.78, 5) is 10.9. The topological polar surface area (TPSA) is 48.7 Å². The molecular formula is C24H29F3O4S. The molecule has 1 aromatic carbocycles. The number of carbonyl (C=O) groups excluding carboxylic acids is 1. The van der Waals surface area contributed by atoms with Crippen molar-refractivity contribution in [1.29, 1.82) is 0 Å². The first-order chi connectivity index (χ1) is 15.2. The SMILES string of the molecule is C=CC(=O)OCCCCCCCCCOc1cccc2c(C)c(CC(F)(F)F)c(=S)oc12. The van der Waals surface area contributed by atoms with Gasteiger partial charge in [0.2, 0.25) is 0 Å². The van der Waals surface area contributed by atoms with Crippen molar-refractivity contribution >= 4 is 29.2 Å². The van der Waals surface area contributed by atoms with Crippen LogP contribution in [-0.2, 0) is 16.0 Å². The number of halogens is 3. The van der Waals surface area contributed by atoms with E-state index in [9.17, 15) is 18.0 Å². The molecule has 8 heteroatoms. The van der Waals surface area contributed by atoms with Gasteiger partial charge in [0.15, 0.2) is 16.0 Å². The van der Waals surface area contributed by atoms with Gasteiger partial charge in [0.05, 0.1) is 19.6 Å². The summed E-state index contributed by atoms with van der Waals surface area (Å²) in [7, 11) is 0. The highest BCUT2D eigenvalue weighted by Gasteiger charge is 2.30. The van der Waals surface area contributed by atoms with Crippen molar-refractivity contribution in [2.45, 2.75) is 64.5 Å². The Bertz CT molecular complexity index is 966. The summed E-state index contributed by atoms with van der Waals surface area (Å²) in [6.45, 7) is 5.89. The van der Waals surface area contributed by atoms with Gasteiger partial charge >= 0.3 is 12.1 Å². The molecule has 1 aromatic heterocycles. The lowest BCUT2D eigenvalue weighted by Gasteiger charge is -2.13. The number of hydrogen-bond donors (Lipinski definition) is 0. The van der Waals surface area contributed by atoms with E-state index in [-0.39, 0.29) is 16.2 Å². The lowest BCUT2D eigenvalue weighted by molar-refractivity contribution is -0.137. The van der Waals surface area contributed by atoms with Crippen LogP contribution in [0.1, 0.15) is 56.1 Å². The van der Waals surface area contributed by atoms with Gasteiger partial charge in [0, 0.05) is 17.0 Å². The molecule has 1 heterocycles. The maximum absolute atomic E-state index is 12.9. The molecule has 2 rings (SSSR count). The first-order valence-electron chi connectivity index (χ1n) is 10.8. The molecule has 0 fully saturated rings. The molecule has 0 saturated carbocycles. The number of alkyl halides is 3. The van der Waals surface area contributed by atoms with Crippen molar-refractivity contribution in [2.24, 2.45) is 0 Å². The van der Waals surface area contributed by atoms with E-state index in [1.807, 2.05) is 0 Å². The maximum Gasteiger partial charge on any atom is 0.393 e. The molecular weight excluding hydrogens is 441 g/mol. The van der Waals surface area contributed by atoms with Gasteiger partial charge in [-0.2, -0.15) is 13.2 Å². The standard InChI is InChI=1S/C24H29F3O4S/c1-3-21(28)30-15-10-8-6-4-5-7-9-14-29-20-13-11-12-18-17(2)19(16-24(25,26)27)23(32)31-22(18)20/h3,11-13H,1,4-10,14-16H2,2H3. The quantitative estimate of drug-likeness (QED) is 0.132. The van der Waals surface area contributed by atoms with Crippen molar-refractivity contribution < 1.29 is 31.9 Å². The monoisotopic (exact) mass is 470 g/mol. The fourth-order valence-corrected chi connectivity index (χ4v) is 3.72. The summed E-state index contributed by atoms with van der Waals surface area (Å²) in [5.41, 5.74) is 0.854. The number of aryl methyl sites for hydroxylation is 1. The van der Waals surface area contributed by atoms with E-state index in [2.05, 4.69) is 6.58 Å². The highest BCUT2D eigenvalue weighted by molar-refractivity contribution is 7.71. The fourth-order valence-electron chi connectivity index (χ4n) is 3.41. The van der Waals surface area contributed by atoms with Crippen LogP contribution in [0.2, 0.25) is 0 Å². The van der Waals surface area contributed by atoms with Gasteiger partial charge < -0.3 is 13.9 Å². The Balaban J connectivity index is 1.78. The number of carbonyl (C=O) groups is 1. The number of ether oxygens (including phenoxy) is 2. The lowest BCUT2D eigenvalue weighted by atomic mass is 10.0. The van der Waals surface area contributed by atoms with E-state index >= 15 is 0 Å². The van der Waals surface area contributed by atoms with Crippen LogP contribution in [0.25, 0.3) is 11.0 Å². The summed E-state index contributed by atoms with van der Waals surface area (Å²) < 4.78 is 54.8. The van der Waals surface area contributed by atoms with E-state index < -0.39 is 12.6 Å². The average Bonchev–Trinajstić information content (AvgIpc) is 2.74. The van der Waals surface area contributed by atoms with Gasteiger partial charge in [-0.05, 0) is 43.6 Å². The molecule has 0 N–H and O–H groups in total. The third-order valence-electron chi connectivity index (χ3n) is 5.11. The second kappa shape index (κ2) is 12.6. The van der Waals surface area contributed by atoms with Crippen molar-refractivity contribution in [2.75, 3.05) is 13.2 Å². The fraction of sp³-hybridized carbons (Fsp3) is 0.500. The van der Waals surface area contributed by atoms with Crippen LogP contribution in [0.15, 0.2) is 35.3 Å². The van der Waals surface area contributed by atoms with Crippen molar-refractivity contribution in [3.63, 3.8) is 0 Å². The predicted octanol–water partition coefficient (Wildman–Crippen LogP) is 7.41. The first kappa shape index (κ1) is 25.9. The van der Waals surface area contributed by atoms with Crippen LogP contribution < -0.4 is 4.74 Å². The molecule has 4 nitrogen and oxygen atoms in total. The second-order valence-electron chi connectivity index (χ2n) is 7.61. The van der Waals surface area contributed by atoms with Gasteiger partial charge in [-0.15, -0.1) is 0 Å². The van der Waals surface area contributed by atoms with Gasteiger partial charge in [-0.3, -0.25) is 0 Å². The zero-order valence-electron chi connectivity index (χ0n) is 18.3. The van der Waals surface area contributed by atoms with Gasteiger partial charge in [0.25, 0.3) is 0 Å². The molecule has 0 aliphatic carbocycles. The third kappa shape index (κ3) is 8.30. The minimum Gasteiger partial charge on any atom is -0.490 e. The van der Waals surface area contributed by atoms with Crippen molar-refractivity contribution in [1.82, 2.24) is 0 Å². The molecule has 0 atom stereocenters. The Morgan fingerprint density at radius 1 is 1.09 bits per heavy atom. The Morgan fingerprint density at radius 2 is 1.72 bits per heavy atom. The molecule has 0 spiro atoms. The molecule has 0 aliphatic rings. The molecule has 0 amide bonds. The molecule has 0 unspecified atom stereocenters. The molecule has 2 aromatic rings. The lowest BCUT2D eigenvalue weighted by Crippen LogP contribution is -2.13. The zero-order chi connectivity index (χ0) is 23.6. The highest BCUT2D eigenvalue weighted by atomic mass is 32.1. The van der Waals surface area contributed by atoms with Gasteiger partial charge in [-0.25, -0.2) is 4.79 Å². The van der Waals surface area contributed by atoms with E-state index in [1.54, 1.807) is 25.1 Å². The largest absolute Gasteiger partial charge is 0.490 e. The summed E-state index contributed by atoms with van der Waals surface area (Å²) in [5.74, 6) is 0.106. The normalized spacial score (nSPS) is 11.5. The average molecular weight is 471 g/mol. The van der Waals surface area contributed by atoms with Crippen LogP contribution in [-0.4, -0.2) is 25.4 Å². The Morgan fingerprint density at radius 3 is 2.34 bits per heavy atom. The van der Waals surface area contributed by atoms with Gasteiger partial charge in [-0.1, -0.05) is 50.8 Å². The number of fused-ring (bicyclic) bond motifs is 1. The molecule has 0 saturated heterocycles. The van der Waals surface area contributed by atoms with Crippen LogP contribution >= 0.6 is 12.2 Å². The number of esters is 1. The Labute approximate surface area is 191 Å². The molecule has 0 aliphatic heterocycles. The predicted molar refractivity (Wildman–Crippen MR) is 121 cm³/mol. The second-order valence-corrected chi connectivity index (χ2v) is 7.98. The van der Waals surface area contributed by atoms with Crippen LogP contribution in [0.4, 0.5) is 13.2 Å². The van der Waals surface area contributed by atoms with E-state index in [1.165, 1.54) is 0 Å². The molecule has 176 valence electrons. The van der Waals surface area contributed by atoms with Crippen molar-refractivity contribution in [3.05, 3.63) is 46.7 Å². The smallest absolute Gasteiger partial charge is 0.393 e. The number of hydrogen-bond acceptors (Lipinski definition) is 5. The Kier molecular flexibility index (Phi) is 10.2. The number of unbranched alkanes of at least 4 members (excludes halogenated alkanes) is 6. The summed E-state index contributed by atoms with van der Waals surface area (Å²) in [5, 5.41) is 0.578. The maximum atomic E-state index is 12.9. The van der Waals surface area contributed by atoms with E-state index in [0.717, 1.165) is 51.0 Å². The molecule has 32 heavy (non-hydrogen) atoms.